The summed E-state index contributed by atoms with van der Waals surface area (Å²) in [5.74, 6) is -0.702. The highest BCUT2D eigenvalue weighted by molar-refractivity contribution is 9.10. The third-order valence-corrected chi connectivity index (χ3v) is 6.45. The number of imide groups is 1. The molecule has 3 atom stereocenters. The first-order valence-corrected chi connectivity index (χ1v) is 10.2. The van der Waals surface area contributed by atoms with Crippen molar-refractivity contribution in [1.29, 1.82) is 0 Å². The zero-order valence-corrected chi connectivity index (χ0v) is 16.7. The molecule has 0 unspecified atom stereocenters. The Morgan fingerprint density at radius 3 is 2.33 bits per heavy atom. The number of fused-ring (bicyclic) bond motifs is 3. The van der Waals surface area contributed by atoms with Gasteiger partial charge in [-0.15, -0.1) is 0 Å². The fraction of sp³-hybridized carbons (Fsp3) is 0.300. The van der Waals surface area contributed by atoms with Crippen LogP contribution in [0.25, 0.3) is 0 Å². The Morgan fingerprint density at radius 1 is 0.926 bits per heavy atom. The zero-order valence-electron chi connectivity index (χ0n) is 14.4. The molecule has 0 N–H and O–H groups in total. The van der Waals surface area contributed by atoms with Crippen molar-refractivity contribution in [1.82, 2.24) is 10.0 Å². The number of nitrogens with zero attached hydrogens (tertiary/aromatic N) is 3. The smallest absolute Gasteiger partial charge is 0.253 e. The van der Waals surface area contributed by atoms with Crippen molar-refractivity contribution in [3.8, 4) is 0 Å². The minimum Gasteiger partial charge on any atom is -0.274 e. The van der Waals surface area contributed by atoms with E-state index in [0.717, 1.165) is 29.5 Å². The summed E-state index contributed by atoms with van der Waals surface area (Å²) in [6.45, 7) is 1.67. The topological polar surface area (TPSA) is 43.9 Å². The summed E-state index contributed by atoms with van der Waals surface area (Å²) in [6.07, 6.45) is 0.995. The number of carbonyl (C=O) groups is 2. The van der Waals surface area contributed by atoms with Crippen LogP contribution >= 0.6 is 27.5 Å². The molecule has 3 heterocycles. The average Bonchev–Trinajstić information content (AvgIpc) is 3.28. The van der Waals surface area contributed by atoms with Crippen molar-refractivity contribution >= 4 is 45.0 Å². The van der Waals surface area contributed by atoms with E-state index in [4.69, 9.17) is 11.6 Å². The van der Waals surface area contributed by atoms with Gasteiger partial charge in [-0.1, -0.05) is 45.7 Å². The summed E-state index contributed by atoms with van der Waals surface area (Å²) in [6, 6.07) is 14.4. The van der Waals surface area contributed by atoms with Crippen molar-refractivity contribution in [2.24, 2.45) is 5.92 Å². The summed E-state index contributed by atoms with van der Waals surface area (Å²) in [5, 5.41) is 4.82. The normalized spacial score (nSPS) is 28.1. The van der Waals surface area contributed by atoms with Gasteiger partial charge in [-0.2, -0.15) is 0 Å². The average molecular weight is 447 g/mol. The van der Waals surface area contributed by atoms with E-state index in [1.54, 1.807) is 24.3 Å². The SMILES string of the molecule is O=C1[C@@H]2[C@@H](C(=O)N1c1cccc(Cl)c1)N1CCCN1[C@H]2c1ccc(Br)cc1. The second kappa shape index (κ2) is 6.41. The lowest BCUT2D eigenvalue weighted by atomic mass is 9.90. The van der Waals surface area contributed by atoms with Crippen LogP contribution in [0.15, 0.2) is 53.0 Å². The van der Waals surface area contributed by atoms with E-state index in [0.29, 0.717) is 10.7 Å². The molecular formula is C20H17BrClN3O2. The molecule has 3 fully saturated rings. The van der Waals surface area contributed by atoms with E-state index >= 15 is 0 Å². The van der Waals surface area contributed by atoms with Gasteiger partial charge in [0.25, 0.3) is 5.91 Å². The Morgan fingerprint density at radius 2 is 1.63 bits per heavy atom. The Labute approximate surface area is 170 Å². The van der Waals surface area contributed by atoms with E-state index in [1.165, 1.54) is 4.90 Å². The molecular weight excluding hydrogens is 430 g/mol. The summed E-state index contributed by atoms with van der Waals surface area (Å²) < 4.78 is 0.994. The molecule has 7 heteroatoms. The molecule has 0 saturated carbocycles. The van der Waals surface area contributed by atoms with Crippen molar-refractivity contribution in [3.05, 3.63) is 63.6 Å². The highest BCUT2D eigenvalue weighted by Crippen LogP contribution is 2.49. The maximum atomic E-state index is 13.4. The maximum absolute atomic E-state index is 13.4. The van der Waals surface area contributed by atoms with E-state index in [-0.39, 0.29) is 17.9 Å². The van der Waals surface area contributed by atoms with Gasteiger partial charge in [-0.3, -0.25) is 9.59 Å². The number of hydrogen-bond donors (Lipinski definition) is 0. The van der Waals surface area contributed by atoms with Crippen LogP contribution in [0.4, 0.5) is 5.69 Å². The number of hydrazine groups is 1. The van der Waals surface area contributed by atoms with Gasteiger partial charge in [-0.25, -0.2) is 14.9 Å². The van der Waals surface area contributed by atoms with E-state index in [2.05, 4.69) is 25.9 Å². The van der Waals surface area contributed by atoms with Crippen molar-refractivity contribution in [3.63, 3.8) is 0 Å². The van der Waals surface area contributed by atoms with Crippen LogP contribution in [0, 0.1) is 5.92 Å². The van der Waals surface area contributed by atoms with Gasteiger partial charge in [0.05, 0.1) is 17.6 Å². The van der Waals surface area contributed by atoms with Crippen LogP contribution in [-0.4, -0.2) is 41.0 Å². The molecule has 0 aromatic heterocycles. The standard InChI is InChI=1S/C20H17BrClN3O2/c21-13-7-5-12(6-8-13)17-16-18(24-10-2-9-23(17)24)20(27)25(19(16)26)15-4-1-3-14(22)11-15/h1,3-8,11,16-18H,2,9-10H2/t16-,17-,18-/m0/s1. The van der Waals surface area contributed by atoms with Gasteiger partial charge >= 0.3 is 0 Å². The van der Waals surface area contributed by atoms with Crippen molar-refractivity contribution in [2.45, 2.75) is 18.5 Å². The molecule has 3 saturated heterocycles. The Kier molecular flexibility index (Phi) is 4.13. The first-order chi connectivity index (χ1) is 13.1. The molecule has 3 aliphatic heterocycles. The second-order valence-electron chi connectivity index (χ2n) is 7.14. The summed E-state index contributed by atoms with van der Waals surface area (Å²) in [5.41, 5.74) is 1.61. The van der Waals surface area contributed by atoms with Crippen LogP contribution in [0.1, 0.15) is 18.0 Å². The van der Waals surface area contributed by atoms with E-state index in [9.17, 15) is 9.59 Å². The quantitative estimate of drug-likeness (QED) is 0.661. The minimum atomic E-state index is -0.437. The van der Waals surface area contributed by atoms with Crippen LogP contribution in [0.3, 0.4) is 0 Å². The molecule has 0 radical (unpaired) electrons. The van der Waals surface area contributed by atoms with Crippen molar-refractivity contribution in [2.75, 3.05) is 18.0 Å². The number of carbonyl (C=O) groups excluding carboxylic acids is 2. The number of halogens is 2. The molecule has 138 valence electrons. The number of rotatable bonds is 2. The van der Waals surface area contributed by atoms with Crippen LogP contribution in [-0.2, 0) is 9.59 Å². The van der Waals surface area contributed by atoms with Gasteiger partial charge < -0.3 is 0 Å². The highest BCUT2D eigenvalue weighted by atomic mass is 79.9. The Hall–Kier alpha value is -1.73. The minimum absolute atomic E-state index is 0.119. The van der Waals surface area contributed by atoms with Crippen LogP contribution in [0.5, 0.6) is 0 Å². The molecule has 0 aliphatic carbocycles. The highest BCUT2D eigenvalue weighted by Gasteiger charge is 2.62. The van der Waals surface area contributed by atoms with E-state index in [1.807, 2.05) is 24.3 Å². The van der Waals surface area contributed by atoms with Gasteiger partial charge in [0.15, 0.2) is 0 Å². The molecule has 5 rings (SSSR count). The lowest BCUT2D eigenvalue weighted by Crippen LogP contribution is -2.44. The fourth-order valence-corrected chi connectivity index (χ4v) is 5.09. The number of hydrogen-bond acceptors (Lipinski definition) is 4. The molecule has 0 bridgehead atoms. The molecule has 2 aromatic carbocycles. The van der Waals surface area contributed by atoms with Gasteiger partial charge in [0.2, 0.25) is 5.91 Å². The van der Waals surface area contributed by atoms with Gasteiger partial charge in [0.1, 0.15) is 6.04 Å². The fourth-order valence-electron chi connectivity index (χ4n) is 4.64. The largest absolute Gasteiger partial charge is 0.274 e. The summed E-state index contributed by atoms with van der Waals surface area (Å²) in [4.78, 5) is 28.0. The first kappa shape index (κ1) is 17.4. The molecule has 3 aliphatic rings. The molecule has 27 heavy (non-hydrogen) atoms. The lowest BCUT2D eigenvalue weighted by molar-refractivity contribution is -0.126. The van der Waals surface area contributed by atoms with E-state index < -0.39 is 12.0 Å². The molecule has 2 amide bonds. The lowest BCUT2D eigenvalue weighted by Gasteiger charge is -2.29. The molecule has 2 aromatic rings. The van der Waals surface area contributed by atoms with Gasteiger partial charge in [-0.05, 0) is 42.3 Å². The molecule has 0 spiro atoms. The maximum Gasteiger partial charge on any atom is 0.253 e. The second-order valence-corrected chi connectivity index (χ2v) is 8.49. The third kappa shape index (κ3) is 2.58. The predicted octanol–water partition coefficient (Wildman–Crippen LogP) is 3.64. The number of amides is 2. The predicted molar refractivity (Wildman–Crippen MR) is 106 cm³/mol. The number of anilines is 1. The van der Waals surface area contributed by atoms with Crippen LogP contribution < -0.4 is 4.90 Å². The Bertz CT molecular complexity index is 935. The summed E-state index contributed by atoms with van der Waals surface area (Å²) in [7, 11) is 0. The van der Waals surface area contributed by atoms with Crippen LogP contribution in [0.2, 0.25) is 5.02 Å². The molecule has 5 nitrogen and oxygen atoms in total. The monoisotopic (exact) mass is 445 g/mol. The number of benzene rings is 2. The Balaban J connectivity index is 1.59. The summed E-state index contributed by atoms with van der Waals surface area (Å²) >= 11 is 9.56. The van der Waals surface area contributed by atoms with Crippen molar-refractivity contribution < 1.29 is 9.59 Å². The third-order valence-electron chi connectivity index (χ3n) is 5.68. The van der Waals surface area contributed by atoms with Gasteiger partial charge in [0, 0.05) is 22.6 Å². The zero-order chi connectivity index (χ0) is 18.7. The first-order valence-electron chi connectivity index (χ1n) is 8.98.